The van der Waals surface area contributed by atoms with Gasteiger partial charge in [0.2, 0.25) is 11.6 Å². The third kappa shape index (κ3) is 5.69. The highest BCUT2D eigenvalue weighted by Crippen LogP contribution is 2.37. The van der Waals surface area contributed by atoms with E-state index < -0.39 is 4.92 Å². The molecule has 1 aromatic heterocycles. The Morgan fingerprint density at radius 2 is 1.76 bits per heavy atom. The zero-order valence-corrected chi connectivity index (χ0v) is 17.8. The Morgan fingerprint density at radius 3 is 2.28 bits per heavy atom. The van der Waals surface area contributed by atoms with Crippen LogP contribution >= 0.6 is 0 Å². The first-order chi connectivity index (χ1) is 13.8. The van der Waals surface area contributed by atoms with Gasteiger partial charge in [-0.25, -0.2) is 9.97 Å². The van der Waals surface area contributed by atoms with Gasteiger partial charge in [-0.05, 0) is 24.0 Å². The van der Waals surface area contributed by atoms with Crippen LogP contribution in [0.3, 0.4) is 0 Å². The lowest BCUT2D eigenvalue weighted by atomic mass is 10.1. The predicted octanol–water partition coefficient (Wildman–Crippen LogP) is 4.26. The van der Waals surface area contributed by atoms with Gasteiger partial charge < -0.3 is 19.7 Å². The Kier molecular flexibility index (Phi) is 7.58. The number of methoxy groups -OCH3 is 2. The number of nitrogens with zero attached hydrogens (tertiary/aromatic N) is 4. The molecule has 0 amide bonds. The third-order valence-electron chi connectivity index (χ3n) is 4.12. The van der Waals surface area contributed by atoms with Crippen LogP contribution in [-0.4, -0.2) is 42.2 Å². The minimum Gasteiger partial charge on any atom is -0.497 e. The van der Waals surface area contributed by atoms with Crippen molar-refractivity contribution in [2.75, 3.05) is 37.5 Å². The fourth-order valence-electron chi connectivity index (χ4n) is 3.02. The van der Waals surface area contributed by atoms with Gasteiger partial charge in [0.25, 0.3) is 0 Å². The van der Waals surface area contributed by atoms with Gasteiger partial charge in [-0.3, -0.25) is 10.1 Å². The smallest absolute Gasteiger partial charge is 0.353 e. The molecule has 2 aromatic rings. The Morgan fingerprint density at radius 1 is 1.10 bits per heavy atom. The summed E-state index contributed by atoms with van der Waals surface area (Å²) in [5, 5.41) is 15.0. The maximum Gasteiger partial charge on any atom is 0.353 e. The highest BCUT2D eigenvalue weighted by atomic mass is 16.6. The van der Waals surface area contributed by atoms with E-state index in [0.29, 0.717) is 47.9 Å². The minimum atomic E-state index is -0.443. The van der Waals surface area contributed by atoms with Crippen LogP contribution in [0.5, 0.6) is 11.5 Å². The van der Waals surface area contributed by atoms with Crippen LogP contribution in [-0.2, 0) is 0 Å². The van der Waals surface area contributed by atoms with Crippen molar-refractivity contribution in [3.8, 4) is 11.5 Å². The van der Waals surface area contributed by atoms with Crippen molar-refractivity contribution in [3.63, 3.8) is 0 Å². The van der Waals surface area contributed by atoms with E-state index in [-0.39, 0.29) is 11.5 Å². The molecule has 2 rings (SSSR count). The Hall–Kier alpha value is -3.10. The maximum absolute atomic E-state index is 12.0. The van der Waals surface area contributed by atoms with Crippen molar-refractivity contribution in [2.24, 2.45) is 11.8 Å². The van der Waals surface area contributed by atoms with Crippen LogP contribution in [0.25, 0.3) is 0 Å². The largest absolute Gasteiger partial charge is 0.497 e. The summed E-state index contributed by atoms with van der Waals surface area (Å²) < 4.78 is 10.6. The van der Waals surface area contributed by atoms with Crippen molar-refractivity contribution in [3.05, 3.63) is 34.6 Å². The first-order valence-electron chi connectivity index (χ1n) is 9.50. The summed E-state index contributed by atoms with van der Waals surface area (Å²) >= 11 is 0. The number of aromatic nitrogens is 2. The molecule has 29 heavy (non-hydrogen) atoms. The van der Waals surface area contributed by atoms with Crippen LogP contribution < -0.4 is 19.7 Å². The van der Waals surface area contributed by atoms with Gasteiger partial charge in [0.15, 0.2) is 0 Å². The monoisotopic (exact) mass is 403 g/mol. The number of hydrogen-bond acceptors (Lipinski definition) is 8. The summed E-state index contributed by atoms with van der Waals surface area (Å²) in [4.78, 5) is 21.9. The van der Waals surface area contributed by atoms with E-state index in [0.717, 1.165) is 0 Å². The van der Waals surface area contributed by atoms with Crippen LogP contribution in [0.2, 0.25) is 0 Å². The number of benzene rings is 1. The molecule has 0 bridgehead atoms. The first-order valence-corrected chi connectivity index (χ1v) is 9.50. The van der Waals surface area contributed by atoms with E-state index >= 15 is 0 Å². The molecule has 9 nitrogen and oxygen atoms in total. The van der Waals surface area contributed by atoms with Gasteiger partial charge in [0.05, 0.1) is 24.8 Å². The van der Waals surface area contributed by atoms with Gasteiger partial charge >= 0.3 is 5.69 Å². The Bertz CT molecular complexity index is 832. The summed E-state index contributed by atoms with van der Waals surface area (Å²) in [7, 11) is 3.08. The molecular formula is C20H29N5O4. The molecule has 1 aromatic carbocycles. The quantitative estimate of drug-likeness (QED) is 0.463. The molecule has 0 spiro atoms. The van der Waals surface area contributed by atoms with E-state index in [1.807, 2.05) is 4.90 Å². The fourth-order valence-corrected chi connectivity index (χ4v) is 3.02. The van der Waals surface area contributed by atoms with Crippen molar-refractivity contribution < 1.29 is 14.4 Å². The minimum absolute atomic E-state index is 0.112. The summed E-state index contributed by atoms with van der Waals surface area (Å²) in [5.74, 6) is 2.16. The third-order valence-corrected chi connectivity index (χ3v) is 4.12. The molecule has 0 atom stereocenters. The number of nitrogens with one attached hydrogen (secondary N) is 1. The SMILES string of the molecule is COc1ccc(Nc2ncnc(N(CC(C)C)CC(C)C)c2[N+](=O)[O-])c(OC)c1. The second kappa shape index (κ2) is 9.90. The summed E-state index contributed by atoms with van der Waals surface area (Å²) in [6.07, 6.45) is 1.34. The zero-order chi connectivity index (χ0) is 21.6. The lowest BCUT2D eigenvalue weighted by molar-refractivity contribution is -0.383. The summed E-state index contributed by atoms with van der Waals surface area (Å²) in [6.45, 7) is 9.59. The van der Waals surface area contributed by atoms with E-state index in [2.05, 4.69) is 43.0 Å². The second-order valence-electron chi connectivity index (χ2n) is 7.54. The van der Waals surface area contributed by atoms with E-state index in [1.54, 1.807) is 25.3 Å². The number of hydrogen-bond donors (Lipinski definition) is 1. The van der Waals surface area contributed by atoms with E-state index in [4.69, 9.17) is 9.47 Å². The highest BCUT2D eigenvalue weighted by Gasteiger charge is 2.28. The molecule has 0 aliphatic rings. The van der Waals surface area contributed by atoms with Crippen molar-refractivity contribution in [2.45, 2.75) is 27.7 Å². The van der Waals surface area contributed by atoms with Crippen LogP contribution in [0.4, 0.5) is 23.0 Å². The molecule has 1 N–H and O–H groups in total. The molecule has 0 radical (unpaired) electrons. The molecule has 0 saturated heterocycles. The molecule has 0 unspecified atom stereocenters. The van der Waals surface area contributed by atoms with E-state index in [1.165, 1.54) is 13.4 Å². The van der Waals surface area contributed by atoms with Crippen LogP contribution in [0.15, 0.2) is 24.5 Å². The molecule has 1 heterocycles. The normalized spacial score (nSPS) is 10.9. The molecule has 9 heteroatoms. The average Bonchev–Trinajstić information content (AvgIpc) is 2.66. The summed E-state index contributed by atoms with van der Waals surface area (Å²) in [6, 6.07) is 5.16. The molecule has 158 valence electrons. The maximum atomic E-state index is 12.0. The number of nitro groups is 1. The fraction of sp³-hybridized carbons (Fsp3) is 0.500. The van der Waals surface area contributed by atoms with Crippen molar-refractivity contribution >= 4 is 23.0 Å². The first kappa shape index (κ1) is 22.2. The standard InChI is InChI=1S/C20H29N5O4/c1-13(2)10-24(11-14(3)4)20-18(25(26)27)19(21-12-22-20)23-16-8-7-15(28-5)9-17(16)29-6/h7-9,12-14H,10-11H2,1-6H3,(H,21,22,23). The predicted molar refractivity (Wildman–Crippen MR) is 113 cm³/mol. The number of ether oxygens (including phenoxy) is 2. The van der Waals surface area contributed by atoms with Crippen LogP contribution in [0, 0.1) is 22.0 Å². The lowest BCUT2D eigenvalue weighted by Crippen LogP contribution is -2.32. The van der Waals surface area contributed by atoms with Crippen LogP contribution in [0.1, 0.15) is 27.7 Å². The van der Waals surface area contributed by atoms with Gasteiger partial charge in [-0.15, -0.1) is 0 Å². The average molecular weight is 403 g/mol. The Labute approximate surface area is 171 Å². The zero-order valence-electron chi connectivity index (χ0n) is 17.8. The van der Waals surface area contributed by atoms with Gasteiger partial charge in [-0.1, -0.05) is 27.7 Å². The van der Waals surface area contributed by atoms with Gasteiger partial charge in [0.1, 0.15) is 17.8 Å². The second-order valence-corrected chi connectivity index (χ2v) is 7.54. The topological polar surface area (TPSA) is 103 Å². The molecule has 0 aliphatic carbocycles. The van der Waals surface area contributed by atoms with Gasteiger partial charge in [-0.2, -0.15) is 0 Å². The Balaban J connectivity index is 2.51. The molecule has 0 saturated carbocycles. The molecular weight excluding hydrogens is 374 g/mol. The summed E-state index contributed by atoms with van der Waals surface area (Å²) in [5.41, 5.74) is 0.381. The molecule has 0 fully saturated rings. The van der Waals surface area contributed by atoms with Gasteiger partial charge in [0, 0.05) is 19.2 Å². The lowest BCUT2D eigenvalue weighted by Gasteiger charge is -2.27. The van der Waals surface area contributed by atoms with E-state index in [9.17, 15) is 10.1 Å². The number of rotatable bonds is 10. The molecule has 0 aliphatic heterocycles. The van der Waals surface area contributed by atoms with Crippen molar-refractivity contribution in [1.82, 2.24) is 9.97 Å². The van der Waals surface area contributed by atoms with Crippen molar-refractivity contribution in [1.29, 1.82) is 0 Å². The highest BCUT2D eigenvalue weighted by molar-refractivity contribution is 5.76. The number of anilines is 3.